The molecule has 0 bridgehead atoms. The summed E-state index contributed by atoms with van der Waals surface area (Å²) in [6.45, 7) is 3.81. The highest BCUT2D eigenvalue weighted by Gasteiger charge is 2.44. The summed E-state index contributed by atoms with van der Waals surface area (Å²) < 4.78 is 11.3. The van der Waals surface area contributed by atoms with E-state index >= 15 is 0 Å². The van der Waals surface area contributed by atoms with Gasteiger partial charge in [0.15, 0.2) is 6.29 Å². The molecule has 9 nitrogen and oxygen atoms in total. The summed E-state index contributed by atoms with van der Waals surface area (Å²) >= 11 is 0. The van der Waals surface area contributed by atoms with E-state index in [9.17, 15) is 30.3 Å². The van der Waals surface area contributed by atoms with Gasteiger partial charge >= 0.3 is 0 Å². The number of amides is 1. The van der Waals surface area contributed by atoms with E-state index in [0.717, 1.165) is 38.5 Å². The Balaban J connectivity index is 2.07. The highest BCUT2D eigenvalue weighted by atomic mass is 16.7. The van der Waals surface area contributed by atoms with Gasteiger partial charge in [0.25, 0.3) is 0 Å². The van der Waals surface area contributed by atoms with Gasteiger partial charge in [-0.05, 0) is 19.3 Å². The third-order valence-electron chi connectivity index (χ3n) is 14.9. The molecule has 0 spiro atoms. The second-order valence-corrected chi connectivity index (χ2v) is 21.5. The first-order chi connectivity index (χ1) is 33.8. The van der Waals surface area contributed by atoms with E-state index in [1.54, 1.807) is 6.08 Å². The van der Waals surface area contributed by atoms with Crippen LogP contribution < -0.4 is 5.32 Å². The van der Waals surface area contributed by atoms with Gasteiger partial charge in [0.2, 0.25) is 5.91 Å². The number of carbonyl (C=O) groups excluding carboxylic acids is 1. The standard InChI is InChI=1S/C60H117NO8/c1-3-5-7-9-11-13-15-17-18-19-20-21-22-23-24-25-26-27-28-29-30-31-32-33-34-35-36-38-40-42-44-46-48-50-56(64)61-53(52-68-60-59(67)58(66)57(65)55(51-62)69-60)54(63)49-47-45-43-41-39-37-16-14-12-10-8-6-4-2/h47,49,53-55,57-60,62-63,65-67H,3-46,48,50-52H2,1-2H3,(H,61,64)/b49-47+. The first kappa shape index (κ1) is 65.9. The number of ether oxygens (including phenoxy) is 2. The van der Waals surface area contributed by atoms with Crippen LogP contribution in [-0.2, 0) is 14.3 Å². The fraction of sp³-hybridized carbons (Fsp3) is 0.950. The summed E-state index contributed by atoms with van der Waals surface area (Å²) in [5, 5.41) is 54.4. The monoisotopic (exact) mass is 980 g/mol. The van der Waals surface area contributed by atoms with E-state index < -0.39 is 49.5 Å². The SMILES string of the molecule is CCCCCCCCCCCCC/C=C/C(O)C(COC1OC(CO)C(O)C(O)C1O)NC(=O)CCCCCCCCCCCCCCCCCCCCCCCCCCCCCCCCCCC. The molecule has 6 N–H and O–H groups in total. The third kappa shape index (κ3) is 40.1. The van der Waals surface area contributed by atoms with Crippen LogP contribution in [0.2, 0.25) is 0 Å². The Morgan fingerprint density at radius 1 is 0.478 bits per heavy atom. The molecule has 0 aromatic rings. The molecule has 1 heterocycles. The first-order valence-corrected chi connectivity index (χ1v) is 30.4. The predicted octanol–water partition coefficient (Wildman–Crippen LogP) is 15.2. The van der Waals surface area contributed by atoms with Crippen LogP contribution in [0.4, 0.5) is 0 Å². The number of hydrogen-bond donors (Lipinski definition) is 6. The maximum absolute atomic E-state index is 13.0. The van der Waals surface area contributed by atoms with Gasteiger partial charge in [0.1, 0.15) is 24.4 Å². The van der Waals surface area contributed by atoms with Crippen molar-refractivity contribution in [3.63, 3.8) is 0 Å². The molecule has 1 aliphatic rings. The van der Waals surface area contributed by atoms with E-state index in [1.165, 1.54) is 250 Å². The van der Waals surface area contributed by atoms with E-state index in [2.05, 4.69) is 19.2 Å². The lowest BCUT2D eigenvalue weighted by molar-refractivity contribution is -0.302. The minimum atomic E-state index is -1.56. The third-order valence-corrected chi connectivity index (χ3v) is 14.9. The summed E-state index contributed by atoms with van der Waals surface area (Å²) in [6.07, 6.45) is 56.0. The molecule has 0 aromatic carbocycles. The van der Waals surface area contributed by atoms with Crippen LogP contribution in [0, 0.1) is 0 Å². The Labute approximate surface area is 426 Å². The lowest BCUT2D eigenvalue weighted by atomic mass is 9.99. The second-order valence-electron chi connectivity index (χ2n) is 21.5. The zero-order valence-electron chi connectivity index (χ0n) is 45.6. The van der Waals surface area contributed by atoms with Crippen LogP contribution in [-0.4, -0.2) is 87.5 Å². The summed E-state index contributed by atoms with van der Waals surface area (Å²) in [7, 11) is 0. The molecule has 1 amide bonds. The highest BCUT2D eigenvalue weighted by Crippen LogP contribution is 2.23. The molecule has 69 heavy (non-hydrogen) atoms. The van der Waals surface area contributed by atoms with Gasteiger partial charge in [-0.25, -0.2) is 0 Å². The molecule has 410 valence electrons. The molecule has 1 saturated heterocycles. The van der Waals surface area contributed by atoms with Crippen molar-refractivity contribution in [1.29, 1.82) is 0 Å². The summed E-state index contributed by atoms with van der Waals surface area (Å²) in [5.74, 6) is -0.170. The van der Waals surface area contributed by atoms with Gasteiger partial charge in [-0.3, -0.25) is 4.79 Å². The van der Waals surface area contributed by atoms with Crippen molar-refractivity contribution in [3.8, 4) is 0 Å². The fourth-order valence-electron chi connectivity index (χ4n) is 10.0. The van der Waals surface area contributed by atoms with E-state index in [1.807, 2.05) is 6.08 Å². The van der Waals surface area contributed by atoms with Crippen LogP contribution >= 0.6 is 0 Å². The normalized spacial score (nSPS) is 19.4. The maximum Gasteiger partial charge on any atom is 0.220 e. The molecule has 7 unspecified atom stereocenters. The molecule has 0 aliphatic carbocycles. The van der Waals surface area contributed by atoms with Gasteiger partial charge in [0.05, 0.1) is 25.4 Å². The van der Waals surface area contributed by atoms with Crippen molar-refractivity contribution in [2.45, 2.75) is 352 Å². The Morgan fingerprint density at radius 3 is 1.13 bits per heavy atom. The quantitative estimate of drug-likeness (QED) is 0.0261. The second kappa shape index (κ2) is 50.5. The van der Waals surface area contributed by atoms with E-state index in [-0.39, 0.29) is 12.5 Å². The molecule has 1 aliphatic heterocycles. The molecule has 7 atom stereocenters. The van der Waals surface area contributed by atoms with Gasteiger partial charge in [-0.15, -0.1) is 0 Å². The zero-order valence-corrected chi connectivity index (χ0v) is 45.6. The van der Waals surface area contributed by atoms with Gasteiger partial charge in [-0.1, -0.05) is 296 Å². The van der Waals surface area contributed by atoms with E-state index in [4.69, 9.17) is 9.47 Å². The van der Waals surface area contributed by atoms with Crippen molar-refractivity contribution in [2.24, 2.45) is 0 Å². The Hall–Kier alpha value is -1.07. The van der Waals surface area contributed by atoms with Crippen LogP contribution in [0.25, 0.3) is 0 Å². The number of aliphatic hydroxyl groups is 5. The molecule has 1 fully saturated rings. The van der Waals surface area contributed by atoms with Crippen LogP contribution in [0.15, 0.2) is 12.2 Å². The summed E-state index contributed by atoms with van der Waals surface area (Å²) in [4.78, 5) is 13.0. The Kier molecular flexibility index (Phi) is 48.2. The molecule has 0 aromatic heterocycles. The number of rotatable bonds is 53. The lowest BCUT2D eigenvalue weighted by Gasteiger charge is -2.40. The molecular weight excluding hydrogens is 863 g/mol. The molecule has 1 rings (SSSR count). The molecule has 0 radical (unpaired) electrons. The zero-order chi connectivity index (χ0) is 50.1. The Bertz CT molecular complexity index is 1090. The number of nitrogens with one attached hydrogen (secondary N) is 1. The minimum absolute atomic E-state index is 0.170. The van der Waals surface area contributed by atoms with Gasteiger partial charge in [0, 0.05) is 6.42 Å². The molecular formula is C60H117NO8. The molecule has 9 heteroatoms. The number of hydrogen-bond acceptors (Lipinski definition) is 8. The number of allylic oxidation sites excluding steroid dienone is 1. The lowest BCUT2D eigenvalue weighted by Crippen LogP contribution is -2.60. The number of carbonyl (C=O) groups is 1. The van der Waals surface area contributed by atoms with Gasteiger partial charge in [-0.2, -0.15) is 0 Å². The predicted molar refractivity (Wildman–Crippen MR) is 291 cm³/mol. The van der Waals surface area contributed by atoms with Crippen LogP contribution in [0.3, 0.4) is 0 Å². The maximum atomic E-state index is 13.0. The summed E-state index contributed by atoms with van der Waals surface area (Å²) in [5.41, 5.74) is 0. The van der Waals surface area contributed by atoms with Crippen molar-refractivity contribution in [3.05, 3.63) is 12.2 Å². The molecule has 0 saturated carbocycles. The highest BCUT2D eigenvalue weighted by molar-refractivity contribution is 5.76. The minimum Gasteiger partial charge on any atom is -0.394 e. The van der Waals surface area contributed by atoms with E-state index in [0.29, 0.717) is 6.42 Å². The average Bonchev–Trinajstić information content (AvgIpc) is 3.35. The fourth-order valence-corrected chi connectivity index (χ4v) is 10.0. The smallest absolute Gasteiger partial charge is 0.220 e. The van der Waals surface area contributed by atoms with Crippen molar-refractivity contribution < 1.29 is 39.8 Å². The largest absolute Gasteiger partial charge is 0.394 e. The van der Waals surface area contributed by atoms with Crippen LogP contribution in [0.5, 0.6) is 0 Å². The van der Waals surface area contributed by atoms with Crippen LogP contribution in [0.1, 0.15) is 309 Å². The first-order valence-electron chi connectivity index (χ1n) is 30.4. The Morgan fingerprint density at radius 2 is 0.797 bits per heavy atom. The van der Waals surface area contributed by atoms with Gasteiger partial charge < -0.3 is 40.3 Å². The number of aliphatic hydroxyl groups excluding tert-OH is 5. The summed E-state index contributed by atoms with van der Waals surface area (Å²) in [6, 6.07) is -0.799. The average molecular weight is 981 g/mol. The van der Waals surface area contributed by atoms with Crippen molar-refractivity contribution >= 4 is 5.91 Å². The topological polar surface area (TPSA) is 149 Å². The van der Waals surface area contributed by atoms with Crippen molar-refractivity contribution in [2.75, 3.05) is 13.2 Å². The number of unbranched alkanes of at least 4 members (excludes halogenated alkanes) is 43. The van der Waals surface area contributed by atoms with Crippen molar-refractivity contribution in [1.82, 2.24) is 5.32 Å².